The molecule has 0 saturated heterocycles. The van der Waals surface area contributed by atoms with Crippen molar-refractivity contribution in [2.45, 2.75) is 19.4 Å². The van der Waals surface area contributed by atoms with Gasteiger partial charge < -0.3 is 0 Å². The Bertz CT molecular complexity index is 314. The van der Waals surface area contributed by atoms with E-state index in [9.17, 15) is 0 Å². The van der Waals surface area contributed by atoms with Crippen LogP contribution in [0.3, 0.4) is 0 Å². The topological polar surface area (TPSA) is 38.0 Å². The summed E-state index contributed by atoms with van der Waals surface area (Å²) in [7, 11) is 0. The van der Waals surface area contributed by atoms with Crippen LogP contribution in [0.2, 0.25) is 10.0 Å². The van der Waals surface area contributed by atoms with E-state index in [0.29, 0.717) is 10.0 Å². The van der Waals surface area contributed by atoms with Crippen LogP contribution in [0.15, 0.2) is 18.2 Å². The zero-order chi connectivity index (χ0) is 12.0. The van der Waals surface area contributed by atoms with Crippen molar-refractivity contribution in [2.24, 2.45) is 5.84 Å². The number of halogens is 2. The maximum Gasteiger partial charge on any atom is 0.0453 e. The molecule has 1 rings (SSSR count). The highest BCUT2D eigenvalue weighted by atomic mass is 35.5. The van der Waals surface area contributed by atoms with Gasteiger partial charge in [0.05, 0.1) is 0 Å². The molecule has 0 radical (unpaired) electrons. The standard InChI is InChI=1S/C11H16Cl2N2S/c1-2-16-7-8(15-14)6-9-10(12)4-3-5-11(9)13/h3-5,8,15H,2,6-7,14H2,1H3. The number of nitrogens with one attached hydrogen (secondary N) is 1. The third-order valence-electron chi connectivity index (χ3n) is 2.27. The van der Waals surface area contributed by atoms with Gasteiger partial charge in [0.2, 0.25) is 0 Å². The molecule has 16 heavy (non-hydrogen) atoms. The predicted octanol–water partition coefficient (Wildman–Crippen LogP) is 3.12. The summed E-state index contributed by atoms with van der Waals surface area (Å²) in [6.07, 6.45) is 0.752. The minimum atomic E-state index is 0.197. The molecule has 2 nitrogen and oxygen atoms in total. The summed E-state index contributed by atoms with van der Waals surface area (Å²) in [5, 5.41) is 1.41. The molecule has 0 aliphatic carbocycles. The second kappa shape index (κ2) is 7.41. The summed E-state index contributed by atoms with van der Waals surface area (Å²) >= 11 is 14.1. The van der Waals surface area contributed by atoms with Crippen LogP contribution < -0.4 is 11.3 Å². The summed E-state index contributed by atoms with van der Waals surface area (Å²) in [5.74, 6) is 7.54. The maximum absolute atomic E-state index is 6.10. The molecule has 0 bridgehead atoms. The predicted molar refractivity (Wildman–Crippen MR) is 74.3 cm³/mol. The van der Waals surface area contributed by atoms with E-state index >= 15 is 0 Å². The van der Waals surface area contributed by atoms with Crippen molar-refractivity contribution in [2.75, 3.05) is 11.5 Å². The van der Waals surface area contributed by atoms with E-state index < -0.39 is 0 Å². The molecule has 0 amide bonds. The van der Waals surface area contributed by atoms with E-state index in [0.717, 1.165) is 23.5 Å². The highest BCUT2D eigenvalue weighted by Gasteiger charge is 2.12. The van der Waals surface area contributed by atoms with Crippen LogP contribution in [0.4, 0.5) is 0 Å². The fourth-order valence-electron chi connectivity index (χ4n) is 1.40. The van der Waals surface area contributed by atoms with Crippen molar-refractivity contribution in [3.05, 3.63) is 33.8 Å². The van der Waals surface area contributed by atoms with Crippen LogP contribution in [-0.2, 0) is 6.42 Å². The van der Waals surface area contributed by atoms with Crippen LogP contribution in [0.1, 0.15) is 12.5 Å². The summed E-state index contributed by atoms with van der Waals surface area (Å²) in [6, 6.07) is 5.74. The van der Waals surface area contributed by atoms with Crippen molar-refractivity contribution >= 4 is 35.0 Å². The summed E-state index contributed by atoms with van der Waals surface area (Å²) in [6.45, 7) is 2.13. The third-order valence-corrected chi connectivity index (χ3v) is 4.03. The summed E-state index contributed by atoms with van der Waals surface area (Å²) < 4.78 is 0. The molecule has 5 heteroatoms. The van der Waals surface area contributed by atoms with E-state index in [1.807, 2.05) is 30.0 Å². The van der Waals surface area contributed by atoms with Gasteiger partial charge in [-0.1, -0.05) is 36.2 Å². The summed E-state index contributed by atoms with van der Waals surface area (Å²) in [5.41, 5.74) is 3.77. The van der Waals surface area contributed by atoms with E-state index in [2.05, 4.69) is 12.3 Å². The largest absolute Gasteiger partial charge is 0.271 e. The Morgan fingerprint density at radius 3 is 2.50 bits per heavy atom. The molecule has 90 valence electrons. The van der Waals surface area contributed by atoms with Crippen molar-refractivity contribution in [3.63, 3.8) is 0 Å². The Kier molecular flexibility index (Phi) is 6.54. The number of hydrogen-bond acceptors (Lipinski definition) is 3. The van der Waals surface area contributed by atoms with Gasteiger partial charge in [-0.25, -0.2) is 0 Å². The molecule has 3 N–H and O–H groups in total. The molecule has 1 aromatic carbocycles. The number of rotatable bonds is 6. The monoisotopic (exact) mass is 278 g/mol. The minimum absolute atomic E-state index is 0.197. The van der Waals surface area contributed by atoms with E-state index in [-0.39, 0.29) is 6.04 Å². The average molecular weight is 279 g/mol. The van der Waals surface area contributed by atoms with Gasteiger partial charge in [-0.05, 0) is 29.9 Å². The first-order valence-corrected chi connectivity index (χ1v) is 7.06. The van der Waals surface area contributed by atoms with Crippen molar-refractivity contribution < 1.29 is 0 Å². The number of thioether (sulfide) groups is 1. The summed E-state index contributed by atoms with van der Waals surface area (Å²) in [4.78, 5) is 0. The Hall–Kier alpha value is 0.0700. The fourth-order valence-corrected chi connectivity index (χ4v) is 2.69. The van der Waals surface area contributed by atoms with E-state index in [1.54, 1.807) is 0 Å². The molecular formula is C11H16Cl2N2S. The van der Waals surface area contributed by atoms with Gasteiger partial charge in [-0.2, -0.15) is 11.8 Å². The first-order chi connectivity index (χ1) is 7.69. The molecule has 0 saturated carbocycles. The molecule has 1 unspecified atom stereocenters. The number of hydrogen-bond donors (Lipinski definition) is 2. The lowest BCUT2D eigenvalue weighted by Crippen LogP contribution is -2.38. The Balaban J connectivity index is 2.69. The van der Waals surface area contributed by atoms with Gasteiger partial charge in [0.15, 0.2) is 0 Å². The molecule has 1 aromatic rings. The van der Waals surface area contributed by atoms with Crippen molar-refractivity contribution in [1.82, 2.24) is 5.43 Å². The SMILES string of the molecule is CCSCC(Cc1c(Cl)cccc1Cl)NN. The zero-order valence-corrected chi connectivity index (χ0v) is 11.5. The highest BCUT2D eigenvalue weighted by molar-refractivity contribution is 7.99. The van der Waals surface area contributed by atoms with Gasteiger partial charge in [0, 0.05) is 21.8 Å². The number of benzene rings is 1. The highest BCUT2D eigenvalue weighted by Crippen LogP contribution is 2.25. The molecule has 0 spiro atoms. The number of hydrazine groups is 1. The molecule has 0 aromatic heterocycles. The smallest absolute Gasteiger partial charge is 0.0453 e. The molecular weight excluding hydrogens is 263 g/mol. The third kappa shape index (κ3) is 4.15. The molecule has 0 fully saturated rings. The molecule has 0 aliphatic heterocycles. The fraction of sp³-hybridized carbons (Fsp3) is 0.455. The molecule has 0 heterocycles. The molecule has 0 aliphatic rings. The lowest BCUT2D eigenvalue weighted by Gasteiger charge is -2.16. The van der Waals surface area contributed by atoms with E-state index in [4.69, 9.17) is 29.0 Å². The first-order valence-electron chi connectivity index (χ1n) is 5.15. The zero-order valence-electron chi connectivity index (χ0n) is 9.17. The second-order valence-electron chi connectivity index (χ2n) is 3.43. The van der Waals surface area contributed by atoms with Gasteiger partial charge in [0.25, 0.3) is 0 Å². The minimum Gasteiger partial charge on any atom is -0.271 e. The molecule has 1 atom stereocenters. The average Bonchev–Trinajstić information content (AvgIpc) is 2.28. The van der Waals surface area contributed by atoms with Gasteiger partial charge >= 0.3 is 0 Å². The van der Waals surface area contributed by atoms with Gasteiger partial charge in [-0.15, -0.1) is 0 Å². The van der Waals surface area contributed by atoms with Gasteiger partial charge in [0.1, 0.15) is 0 Å². The van der Waals surface area contributed by atoms with E-state index in [1.165, 1.54) is 0 Å². The van der Waals surface area contributed by atoms with Crippen LogP contribution >= 0.6 is 35.0 Å². The first kappa shape index (κ1) is 14.1. The van der Waals surface area contributed by atoms with Crippen LogP contribution in [0, 0.1) is 0 Å². The Morgan fingerprint density at radius 1 is 1.38 bits per heavy atom. The normalized spacial score (nSPS) is 12.8. The van der Waals surface area contributed by atoms with Crippen molar-refractivity contribution in [1.29, 1.82) is 0 Å². The Morgan fingerprint density at radius 2 is 2.00 bits per heavy atom. The van der Waals surface area contributed by atoms with Crippen LogP contribution in [-0.4, -0.2) is 17.5 Å². The van der Waals surface area contributed by atoms with Crippen molar-refractivity contribution in [3.8, 4) is 0 Å². The maximum atomic E-state index is 6.10. The quantitative estimate of drug-likeness (QED) is 0.620. The lowest BCUT2D eigenvalue weighted by atomic mass is 10.1. The van der Waals surface area contributed by atoms with Crippen LogP contribution in [0.5, 0.6) is 0 Å². The Labute approximate surface area is 111 Å². The lowest BCUT2D eigenvalue weighted by molar-refractivity contribution is 0.576. The van der Waals surface area contributed by atoms with Gasteiger partial charge in [-0.3, -0.25) is 11.3 Å². The van der Waals surface area contributed by atoms with Crippen LogP contribution in [0.25, 0.3) is 0 Å². The number of nitrogens with two attached hydrogens (primary N) is 1. The second-order valence-corrected chi connectivity index (χ2v) is 5.56.